The van der Waals surface area contributed by atoms with Gasteiger partial charge in [0.15, 0.2) is 5.96 Å². The van der Waals surface area contributed by atoms with E-state index in [-0.39, 0.29) is 29.9 Å². The maximum atomic E-state index is 12.7. The second-order valence-corrected chi connectivity index (χ2v) is 8.37. The zero-order valence-corrected chi connectivity index (χ0v) is 19.4. The number of nitrogens with zero attached hydrogens (tertiary/aromatic N) is 2. The third-order valence-corrected chi connectivity index (χ3v) is 6.28. The number of guanidine groups is 1. The molecule has 1 unspecified atom stereocenters. The van der Waals surface area contributed by atoms with Gasteiger partial charge < -0.3 is 15.5 Å². The number of rotatable bonds is 6. The summed E-state index contributed by atoms with van der Waals surface area (Å²) in [5.41, 5.74) is 0. The summed E-state index contributed by atoms with van der Waals surface area (Å²) in [6.45, 7) is 5.41. The standard InChI is InChI=1S/C20H32N4OS.HI/c1-2-21-20(22-12-10-18-9-6-14-26-18)23-17-11-13-24(15-17)19(25)16-7-4-3-5-8-16;/h6,9,14,16-17H,2-5,7-8,10-13,15H2,1H3,(H2,21,22,23);1H. The lowest BCUT2D eigenvalue weighted by Gasteiger charge is -2.26. The molecular weight excluding hydrogens is 471 g/mol. The molecule has 0 spiro atoms. The van der Waals surface area contributed by atoms with Crippen LogP contribution < -0.4 is 10.6 Å². The minimum Gasteiger partial charge on any atom is -0.357 e. The summed E-state index contributed by atoms with van der Waals surface area (Å²) in [6, 6.07) is 4.55. The van der Waals surface area contributed by atoms with Gasteiger partial charge in [0.1, 0.15) is 0 Å². The number of halogens is 1. The van der Waals surface area contributed by atoms with Gasteiger partial charge in [-0.3, -0.25) is 9.79 Å². The summed E-state index contributed by atoms with van der Waals surface area (Å²) in [6.07, 6.45) is 7.88. The van der Waals surface area contributed by atoms with Crippen LogP contribution in [0.1, 0.15) is 50.3 Å². The zero-order chi connectivity index (χ0) is 18.2. The first-order valence-corrected chi connectivity index (χ1v) is 11.0. The molecule has 3 rings (SSSR count). The molecule has 1 amide bonds. The van der Waals surface area contributed by atoms with Gasteiger partial charge in [-0.15, -0.1) is 35.3 Å². The Bertz CT molecular complexity index is 587. The Morgan fingerprint density at radius 1 is 1.30 bits per heavy atom. The number of hydrogen-bond acceptors (Lipinski definition) is 3. The molecule has 1 saturated heterocycles. The second kappa shape index (κ2) is 11.9. The summed E-state index contributed by atoms with van der Waals surface area (Å²) >= 11 is 1.78. The molecule has 1 atom stereocenters. The zero-order valence-electron chi connectivity index (χ0n) is 16.3. The van der Waals surface area contributed by atoms with Crippen LogP contribution in [0.2, 0.25) is 0 Å². The molecule has 1 aromatic heterocycles. The predicted molar refractivity (Wildman–Crippen MR) is 124 cm³/mol. The van der Waals surface area contributed by atoms with Crippen LogP contribution in [0.15, 0.2) is 22.5 Å². The van der Waals surface area contributed by atoms with E-state index in [1.165, 1.54) is 24.1 Å². The van der Waals surface area contributed by atoms with E-state index < -0.39 is 0 Å². The van der Waals surface area contributed by atoms with Crippen LogP contribution in [0.25, 0.3) is 0 Å². The van der Waals surface area contributed by atoms with E-state index in [0.717, 1.165) is 57.8 Å². The quantitative estimate of drug-likeness (QED) is 0.354. The second-order valence-electron chi connectivity index (χ2n) is 7.34. The van der Waals surface area contributed by atoms with Crippen LogP contribution in [0.3, 0.4) is 0 Å². The first-order valence-electron chi connectivity index (χ1n) is 10.1. The molecule has 1 aliphatic carbocycles. The first-order chi connectivity index (χ1) is 12.8. The monoisotopic (exact) mass is 504 g/mol. The molecule has 27 heavy (non-hydrogen) atoms. The van der Waals surface area contributed by atoms with E-state index in [9.17, 15) is 4.79 Å². The highest BCUT2D eigenvalue weighted by atomic mass is 127. The molecule has 1 aromatic rings. The third-order valence-electron chi connectivity index (χ3n) is 5.35. The highest BCUT2D eigenvalue weighted by Crippen LogP contribution is 2.26. The lowest BCUT2D eigenvalue weighted by Crippen LogP contribution is -2.45. The van der Waals surface area contributed by atoms with Gasteiger partial charge in [0.25, 0.3) is 0 Å². The minimum atomic E-state index is 0. The van der Waals surface area contributed by atoms with Gasteiger partial charge >= 0.3 is 0 Å². The molecule has 0 radical (unpaired) electrons. The Kier molecular flexibility index (Phi) is 9.89. The normalized spacial score (nSPS) is 21.0. The molecule has 2 fully saturated rings. The van der Waals surface area contributed by atoms with Crippen molar-refractivity contribution >= 4 is 47.2 Å². The van der Waals surface area contributed by atoms with Crippen molar-refractivity contribution in [2.75, 3.05) is 26.2 Å². The number of amides is 1. The Balaban J connectivity index is 0.00000261. The number of hydrogen-bond donors (Lipinski definition) is 2. The maximum Gasteiger partial charge on any atom is 0.225 e. The lowest BCUT2D eigenvalue weighted by atomic mass is 9.88. The molecule has 1 saturated carbocycles. The van der Waals surface area contributed by atoms with E-state index in [2.05, 4.69) is 40.0 Å². The molecule has 1 aliphatic heterocycles. The van der Waals surface area contributed by atoms with Gasteiger partial charge in [-0.1, -0.05) is 25.3 Å². The van der Waals surface area contributed by atoms with Crippen molar-refractivity contribution in [3.63, 3.8) is 0 Å². The topological polar surface area (TPSA) is 56.7 Å². The fourth-order valence-corrected chi connectivity index (χ4v) is 4.63. The summed E-state index contributed by atoms with van der Waals surface area (Å²) in [5, 5.41) is 8.98. The largest absolute Gasteiger partial charge is 0.357 e. The third kappa shape index (κ3) is 6.93. The van der Waals surface area contributed by atoms with Crippen molar-refractivity contribution in [2.24, 2.45) is 10.9 Å². The number of thiophene rings is 1. The predicted octanol–water partition coefficient (Wildman–Crippen LogP) is 3.64. The van der Waals surface area contributed by atoms with Gasteiger partial charge in [-0.2, -0.15) is 0 Å². The molecule has 0 aromatic carbocycles. The highest BCUT2D eigenvalue weighted by molar-refractivity contribution is 14.0. The molecule has 2 heterocycles. The van der Waals surface area contributed by atoms with E-state index >= 15 is 0 Å². The van der Waals surface area contributed by atoms with E-state index in [1.807, 2.05) is 0 Å². The summed E-state index contributed by atoms with van der Waals surface area (Å²) in [4.78, 5) is 20.9. The number of aliphatic imine (C=N–C) groups is 1. The van der Waals surface area contributed by atoms with Crippen LogP contribution in [0.4, 0.5) is 0 Å². The van der Waals surface area contributed by atoms with Crippen molar-refractivity contribution in [3.05, 3.63) is 22.4 Å². The molecule has 0 bridgehead atoms. The molecule has 2 aliphatic rings. The Morgan fingerprint density at radius 2 is 2.11 bits per heavy atom. The molecule has 2 N–H and O–H groups in total. The molecule has 7 heteroatoms. The summed E-state index contributed by atoms with van der Waals surface area (Å²) in [5.74, 6) is 1.53. The van der Waals surface area contributed by atoms with Crippen molar-refractivity contribution in [2.45, 2.75) is 57.9 Å². The van der Waals surface area contributed by atoms with Crippen molar-refractivity contribution < 1.29 is 4.79 Å². The summed E-state index contributed by atoms with van der Waals surface area (Å²) in [7, 11) is 0. The number of likely N-dealkylation sites (tertiary alicyclic amines) is 1. The van der Waals surface area contributed by atoms with Gasteiger partial charge in [-0.05, 0) is 37.6 Å². The van der Waals surface area contributed by atoms with Crippen LogP contribution in [0.5, 0.6) is 0 Å². The molecule has 5 nitrogen and oxygen atoms in total. The Hall–Kier alpha value is -0.830. The van der Waals surface area contributed by atoms with Gasteiger partial charge in [0, 0.05) is 49.4 Å². The summed E-state index contributed by atoms with van der Waals surface area (Å²) < 4.78 is 0. The molecular formula is C20H33IN4OS. The fraction of sp³-hybridized carbons (Fsp3) is 0.700. The lowest BCUT2D eigenvalue weighted by molar-refractivity contribution is -0.135. The van der Waals surface area contributed by atoms with Crippen LogP contribution >= 0.6 is 35.3 Å². The number of nitrogens with one attached hydrogen (secondary N) is 2. The fourth-order valence-electron chi connectivity index (χ4n) is 3.93. The van der Waals surface area contributed by atoms with Crippen molar-refractivity contribution in [3.8, 4) is 0 Å². The Labute approximate surface area is 184 Å². The Morgan fingerprint density at radius 3 is 2.81 bits per heavy atom. The first kappa shape index (κ1) is 22.5. The maximum absolute atomic E-state index is 12.7. The van der Waals surface area contributed by atoms with Gasteiger partial charge in [0.05, 0.1) is 0 Å². The van der Waals surface area contributed by atoms with E-state index in [0.29, 0.717) is 11.9 Å². The van der Waals surface area contributed by atoms with E-state index in [4.69, 9.17) is 4.99 Å². The van der Waals surface area contributed by atoms with Gasteiger partial charge in [-0.25, -0.2) is 0 Å². The van der Waals surface area contributed by atoms with Crippen LogP contribution in [-0.4, -0.2) is 49.0 Å². The minimum absolute atomic E-state index is 0. The van der Waals surface area contributed by atoms with Crippen LogP contribution in [0, 0.1) is 5.92 Å². The SMILES string of the molecule is CCNC(=NCCc1cccs1)NC1CCN(C(=O)C2CCCCC2)C1.I. The number of carbonyl (C=O) groups excluding carboxylic acids is 1. The van der Waals surface area contributed by atoms with Crippen molar-refractivity contribution in [1.29, 1.82) is 0 Å². The van der Waals surface area contributed by atoms with Gasteiger partial charge in [0.2, 0.25) is 5.91 Å². The van der Waals surface area contributed by atoms with Crippen molar-refractivity contribution in [1.82, 2.24) is 15.5 Å². The average Bonchev–Trinajstić information content (AvgIpc) is 3.34. The number of carbonyl (C=O) groups is 1. The average molecular weight is 504 g/mol. The van der Waals surface area contributed by atoms with E-state index in [1.54, 1.807) is 11.3 Å². The highest BCUT2D eigenvalue weighted by Gasteiger charge is 2.31. The smallest absolute Gasteiger partial charge is 0.225 e. The van der Waals surface area contributed by atoms with Crippen LogP contribution in [-0.2, 0) is 11.2 Å². The molecule has 152 valence electrons.